The third-order valence-corrected chi connectivity index (χ3v) is 3.76. The molecule has 2 rings (SSSR count). The Kier molecular flexibility index (Phi) is 6.39. The lowest BCUT2D eigenvalue weighted by molar-refractivity contribution is -0.136. The van der Waals surface area contributed by atoms with Crippen molar-refractivity contribution in [2.24, 2.45) is 0 Å². The van der Waals surface area contributed by atoms with E-state index in [1.54, 1.807) is 12.1 Å². The Balaban J connectivity index is 2.02. The van der Waals surface area contributed by atoms with Gasteiger partial charge in [-0.15, -0.1) is 0 Å². The molecule has 1 aromatic carbocycles. The fraction of sp³-hybridized carbons (Fsp3) is 0.353. The van der Waals surface area contributed by atoms with E-state index in [-0.39, 0.29) is 12.3 Å². The van der Waals surface area contributed by atoms with E-state index in [1.165, 1.54) is 18.1 Å². The molecule has 8 nitrogen and oxygen atoms in total. The molecule has 2 amide bonds. The van der Waals surface area contributed by atoms with Crippen LogP contribution in [0, 0.1) is 0 Å². The van der Waals surface area contributed by atoms with Gasteiger partial charge in [0.25, 0.3) is 0 Å². The zero-order valence-corrected chi connectivity index (χ0v) is 13.8. The van der Waals surface area contributed by atoms with Gasteiger partial charge in [0.1, 0.15) is 12.3 Å². The van der Waals surface area contributed by atoms with Gasteiger partial charge in [0.2, 0.25) is 0 Å². The van der Waals surface area contributed by atoms with Crippen molar-refractivity contribution in [2.45, 2.75) is 25.5 Å². The maximum atomic E-state index is 11.9. The van der Waals surface area contributed by atoms with E-state index in [0.29, 0.717) is 19.4 Å². The molecule has 1 atom stereocenters. The van der Waals surface area contributed by atoms with E-state index in [1.807, 2.05) is 18.2 Å². The van der Waals surface area contributed by atoms with Gasteiger partial charge in [-0.05, 0) is 24.5 Å². The molecule has 0 spiro atoms. The first kappa shape index (κ1) is 18.3. The molecule has 0 aromatic heterocycles. The fourth-order valence-corrected chi connectivity index (χ4v) is 2.54. The maximum absolute atomic E-state index is 11.9. The van der Waals surface area contributed by atoms with E-state index >= 15 is 0 Å². The van der Waals surface area contributed by atoms with E-state index in [4.69, 9.17) is 9.84 Å². The Hall–Kier alpha value is -3.03. The van der Waals surface area contributed by atoms with Crippen LogP contribution in [0.15, 0.2) is 42.1 Å². The lowest BCUT2D eigenvalue weighted by Gasteiger charge is -2.19. The minimum atomic E-state index is -1.07. The quantitative estimate of drug-likeness (QED) is 0.624. The zero-order chi connectivity index (χ0) is 18.2. The Morgan fingerprint density at radius 2 is 2.04 bits per heavy atom. The number of carbonyl (C=O) groups excluding carboxylic acids is 2. The van der Waals surface area contributed by atoms with Crippen molar-refractivity contribution in [1.29, 1.82) is 0 Å². The van der Waals surface area contributed by atoms with Crippen LogP contribution in [0.1, 0.15) is 18.4 Å². The average Bonchev–Trinajstić information content (AvgIpc) is 3.08. The number of carbonyl (C=O) groups is 3. The lowest BCUT2D eigenvalue weighted by Crippen LogP contribution is -2.36. The monoisotopic (exact) mass is 348 g/mol. The third-order valence-electron chi connectivity index (χ3n) is 3.76. The molecule has 2 N–H and O–H groups in total. The van der Waals surface area contributed by atoms with Gasteiger partial charge in [-0.2, -0.15) is 0 Å². The Bertz CT molecular complexity index is 658. The van der Waals surface area contributed by atoms with Gasteiger partial charge in [0.05, 0.1) is 13.2 Å². The number of carboxylic acid groups (broad SMARTS) is 1. The number of likely N-dealkylation sites (tertiary alicyclic amines) is 1. The molecule has 1 aliphatic rings. The van der Waals surface area contributed by atoms with Gasteiger partial charge in [-0.1, -0.05) is 30.3 Å². The molecule has 0 bridgehead atoms. The second-order valence-electron chi connectivity index (χ2n) is 5.44. The summed E-state index contributed by atoms with van der Waals surface area (Å²) < 4.78 is 9.70. The van der Waals surface area contributed by atoms with Crippen molar-refractivity contribution in [2.75, 3.05) is 13.7 Å². The molecular weight excluding hydrogens is 328 g/mol. The number of amides is 2. The van der Waals surface area contributed by atoms with Gasteiger partial charge >= 0.3 is 18.2 Å². The first-order chi connectivity index (χ1) is 12.0. The topological polar surface area (TPSA) is 105 Å². The molecule has 0 saturated carbocycles. The average molecular weight is 348 g/mol. The van der Waals surface area contributed by atoms with Gasteiger partial charge in [-0.25, -0.2) is 14.4 Å². The summed E-state index contributed by atoms with van der Waals surface area (Å²) in [5.41, 5.74) is 0.660. The second kappa shape index (κ2) is 8.72. The van der Waals surface area contributed by atoms with Gasteiger partial charge in [-0.3, -0.25) is 5.32 Å². The highest BCUT2D eigenvalue weighted by atomic mass is 16.6. The Morgan fingerprint density at radius 1 is 1.32 bits per heavy atom. The number of methoxy groups -OCH3 is 1. The van der Waals surface area contributed by atoms with Gasteiger partial charge < -0.3 is 19.5 Å². The number of ether oxygens (including phenoxy) is 2. The summed E-state index contributed by atoms with van der Waals surface area (Å²) in [5, 5.41) is 11.5. The van der Waals surface area contributed by atoms with Crippen LogP contribution in [0.5, 0.6) is 0 Å². The van der Waals surface area contributed by atoms with Crippen LogP contribution in [0.25, 0.3) is 0 Å². The molecule has 134 valence electrons. The normalized spacial score (nSPS) is 17.1. The van der Waals surface area contributed by atoms with Crippen molar-refractivity contribution >= 4 is 18.2 Å². The predicted octanol–water partition coefficient (Wildman–Crippen LogP) is 2.11. The van der Waals surface area contributed by atoms with Crippen LogP contribution >= 0.6 is 0 Å². The van der Waals surface area contributed by atoms with Crippen molar-refractivity contribution in [1.82, 2.24) is 10.2 Å². The summed E-state index contributed by atoms with van der Waals surface area (Å²) in [4.78, 5) is 36.2. The summed E-state index contributed by atoms with van der Waals surface area (Å²) >= 11 is 0. The number of hydrogen-bond donors (Lipinski definition) is 2. The van der Waals surface area contributed by atoms with Crippen LogP contribution in [0.2, 0.25) is 0 Å². The highest BCUT2D eigenvalue weighted by molar-refractivity contribution is 5.92. The van der Waals surface area contributed by atoms with Crippen LogP contribution in [-0.4, -0.2) is 47.9 Å². The highest BCUT2D eigenvalue weighted by Crippen LogP contribution is 2.19. The van der Waals surface area contributed by atoms with Crippen molar-refractivity contribution < 1.29 is 29.0 Å². The number of benzene rings is 1. The Labute approximate surface area is 145 Å². The second-order valence-corrected chi connectivity index (χ2v) is 5.44. The SMILES string of the molecule is COC(=O)C(=CC1CCCN1C(=O)O)NC(=O)OCc1ccccc1. The van der Waals surface area contributed by atoms with E-state index < -0.39 is 24.2 Å². The molecule has 8 heteroatoms. The molecular formula is C17H20N2O6. The Morgan fingerprint density at radius 3 is 2.68 bits per heavy atom. The van der Waals surface area contributed by atoms with Gasteiger partial charge in [0, 0.05) is 6.54 Å². The number of esters is 1. The van der Waals surface area contributed by atoms with Crippen molar-refractivity contribution in [3.8, 4) is 0 Å². The molecule has 1 unspecified atom stereocenters. The van der Waals surface area contributed by atoms with E-state index in [2.05, 4.69) is 10.1 Å². The third kappa shape index (κ3) is 5.23. The largest absolute Gasteiger partial charge is 0.465 e. The van der Waals surface area contributed by atoms with Crippen LogP contribution < -0.4 is 5.32 Å². The van der Waals surface area contributed by atoms with E-state index in [0.717, 1.165) is 5.56 Å². The summed E-state index contributed by atoms with van der Waals surface area (Å²) in [6.45, 7) is 0.426. The van der Waals surface area contributed by atoms with Crippen LogP contribution in [-0.2, 0) is 20.9 Å². The molecule has 1 saturated heterocycles. The molecule has 1 fully saturated rings. The maximum Gasteiger partial charge on any atom is 0.412 e. The standard InChI is InChI=1S/C17H20N2O6/c1-24-15(20)14(10-13-8-5-9-19(13)17(22)23)18-16(21)25-11-12-6-3-2-4-7-12/h2-4,6-7,10,13H,5,8-9,11H2,1H3,(H,18,21)(H,22,23). The van der Waals surface area contributed by atoms with E-state index in [9.17, 15) is 14.4 Å². The summed E-state index contributed by atoms with van der Waals surface area (Å²) in [5.74, 6) is -0.770. The predicted molar refractivity (Wildman–Crippen MR) is 87.6 cm³/mol. The van der Waals surface area contributed by atoms with Crippen LogP contribution in [0.4, 0.5) is 9.59 Å². The number of nitrogens with zero attached hydrogens (tertiary/aromatic N) is 1. The van der Waals surface area contributed by atoms with Gasteiger partial charge in [0.15, 0.2) is 0 Å². The molecule has 25 heavy (non-hydrogen) atoms. The summed E-state index contributed by atoms with van der Waals surface area (Å²) in [7, 11) is 1.18. The first-order valence-electron chi connectivity index (χ1n) is 7.78. The fourth-order valence-electron chi connectivity index (χ4n) is 2.54. The van der Waals surface area contributed by atoms with Crippen molar-refractivity contribution in [3.63, 3.8) is 0 Å². The molecule has 1 aliphatic heterocycles. The number of rotatable bonds is 5. The smallest absolute Gasteiger partial charge is 0.412 e. The minimum absolute atomic E-state index is 0.0474. The zero-order valence-electron chi connectivity index (χ0n) is 13.8. The lowest BCUT2D eigenvalue weighted by atomic mass is 10.2. The molecule has 1 aromatic rings. The highest BCUT2D eigenvalue weighted by Gasteiger charge is 2.28. The first-order valence-corrected chi connectivity index (χ1v) is 7.78. The summed E-state index contributed by atoms with van der Waals surface area (Å²) in [6, 6.07) is 8.58. The number of alkyl carbamates (subject to hydrolysis) is 1. The molecule has 0 radical (unpaired) electrons. The van der Waals surface area contributed by atoms with Crippen LogP contribution in [0.3, 0.4) is 0 Å². The number of hydrogen-bond acceptors (Lipinski definition) is 5. The molecule has 0 aliphatic carbocycles. The minimum Gasteiger partial charge on any atom is -0.465 e. The van der Waals surface area contributed by atoms with Crippen molar-refractivity contribution in [3.05, 3.63) is 47.7 Å². The summed E-state index contributed by atoms with van der Waals surface area (Å²) in [6.07, 6.45) is 0.736. The molecule has 1 heterocycles. The number of nitrogens with one attached hydrogen (secondary N) is 1.